The number of benzene rings is 1. The lowest BCUT2D eigenvalue weighted by Crippen LogP contribution is -2.77. The van der Waals surface area contributed by atoms with Gasteiger partial charge in [0.2, 0.25) is 0 Å². The van der Waals surface area contributed by atoms with Gasteiger partial charge in [-0.1, -0.05) is 29.8 Å². The van der Waals surface area contributed by atoms with Crippen molar-refractivity contribution < 1.29 is 19.3 Å². The van der Waals surface area contributed by atoms with Crippen LogP contribution < -0.4 is 16.5 Å². The first kappa shape index (κ1) is 16.8. The van der Waals surface area contributed by atoms with E-state index >= 15 is 0 Å². The van der Waals surface area contributed by atoms with Gasteiger partial charge >= 0.3 is 5.97 Å². The Morgan fingerprint density at radius 2 is 2.13 bits per heavy atom. The summed E-state index contributed by atoms with van der Waals surface area (Å²) in [6.07, 6.45) is 1.81. The molecule has 2 rings (SSSR count). The average Bonchev–Trinajstić information content (AvgIpc) is 2.54. The van der Waals surface area contributed by atoms with Crippen molar-refractivity contribution in [3.63, 3.8) is 0 Å². The van der Waals surface area contributed by atoms with Crippen LogP contribution in [0.25, 0.3) is 0 Å². The smallest absolute Gasteiger partial charge is 0.339 e. The second-order valence-corrected chi connectivity index (χ2v) is 5.19. The minimum absolute atomic E-state index is 0.0384. The number of hydrogen-bond donors (Lipinski definition) is 3. The van der Waals surface area contributed by atoms with Gasteiger partial charge in [0.05, 0.1) is 23.7 Å². The molecule has 1 atom stereocenters. The molecule has 1 aromatic carbocycles. The zero-order chi connectivity index (χ0) is 17.0. The Morgan fingerprint density at radius 3 is 2.70 bits per heavy atom. The highest BCUT2D eigenvalue weighted by Crippen LogP contribution is 2.37. The molecule has 1 aromatic rings. The van der Waals surface area contributed by atoms with Crippen molar-refractivity contribution >= 4 is 29.7 Å². The lowest BCUT2D eigenvalue weighted by atomic mass is 9.81. The Kier molecular flexibility index (Phi) is 5.18. The van der Waals surface area contributed by atoms with E-state index in [-0.39, 0.29) is 23.7 Å². The number of carbonyl (C=O) groups excluding carboxylic acids is 2. The molecule has 1 unspecified atom stereocenters. The van der Waals surface area contributed by atoms with Crippen LogP contribution in [0.1, 0.15) is 18.4 Å². The molecule has 1 aliphatic rings. The maximum atomic E-state index is 12.4. The summed E-state index contributed by atoms with van der Waals surface area (Å²) in [6, 6.07) is 6.97. The first-order valence-corrected chi connectivity index (χ1v) is 7.35. The molecule has 0 fully saturated rings. The van der Waals surface area contributed by atoms with Crippen molar-refractivity contribution in [3.05, 3.63) is 57.9 Å². The molecule has 7 heteroatoms. The molecule has 1 heterocycles. The highest BCUT2D eigenvalue weighted by atomic mass is 35.5. The maximum Gasteiger partial charge on any atom is 0.339 e. The number of carbonyl (C=O) groups is 2. The van der Waals surface area contributed by atoms with Gasteiger partial charge in [-0.2, -0.15) is 0 Å². The molecule has 0 radical (unpaired) electrons. The molecule has 0 saturated carbocycles. The van der Waals surface area contributed by atoms with Crippen LogP contribution in [-0.4, -0.2) is 24.7 Å². The molecule has 0 spiro atoms. The predicted octanol–water partition coefficient (Wildman–Crippen LogP) is -0.266. The molecule has 0 saturated heterocycles. The van der Waals surface area contributed by atoms with Crippen LogP contribution in [0.15, 0.2) is 47.3 Å². The molecule has 6 nitrogen and oxygen atoms in total. The summed E-state index contributed by atoms with van der Waals surface area (Å²) in [5.41, 5.74) is 12.8. The number of rotatable bonds is 4. The Labute approximate surface area is 138 Å². The van der Waals surface area contributed by atoms with Gasteiger partial charge in [0, 0.05) is 11.2 Å². The monoisotopic (exact) mass is 334 g/mol. The van der Waals surface area contributed by atoms with Crippen LogP contribution in [-0.2, 0) is 14.3 Å². The number of allylic oxidation sites excluding steroid dienone is 1. The van der Waals surface area contributed by atoms with Crippen LogP contribution >= 0.6 is 11.6 Å². The van der Waals surface area contributed by atoms with Crippen molar-refractivity contribution in [3.8, 4) is 0 Å². The second kappa shape index (κ2) is 7.11. The number of aldehydes is 1. The van der Waals surface area contributed by atoms with Crippen LogP contribution in [0.4, 0.5) is 0 Å². The van der Waals surface area contributed by atoms with Gasteiger partial charge < -0.3 is 10.5 Å². The Hall–Kier alpha value is -2.60. The van der Waals surface area contributed by atoms with Gasteiger partial charge in [-0.05, 0) is 18.6 Å². The molecule has 0 aliphatic carbocycles. The van der Waals surface area contributed by atoms with Crippen LogP contribution in [0.5, 0.6) is 0 Å². The van der Waals surface area contributed by atoms with Gasteiger partial charge in [0.15, 0.2) is 12.0 Å². The lowest BCUT2D eigenvalue weighted by molar-refractivity contribution is -0.393. The maximum absolute atomic E-state index is 12.4. The quantitative estimate of drug-likeness (QED) is 0.519. The van der Waals surface area contributed by atoms with E-state index < -0.39 is 11.9 Å². The standard InChI is InChI=1S/C16H16ClN3O3/c1-2-23-16(22)14-12(8-21)20-15(19)10(7-18)13(14)9-5-3-4-6-11(9)17/h3-8,13H,2,18H2,1H3,(H2,19,20)/p+1/b10-7-. The Balaban J connectivity index is 2.73. The fraction of sp³-hybridized carbons (Fsp3) is 0.188. The van der Waals surface area contributed by atoms with E-state index in [1.165, 1.54) is 6.20 Å². The molecule has 1 aliphatic heterocycles. The molecular formula is C16H17ClN3O3+. The Bertz CT molecular complexity index is 738. The molecular weight excluding hydrogens is 318 g/mol. The number of amidine groups is 1. The minimum Gasteiger partial charge on any atom is -0.462 e. The third kappa shape index (κ3) is 3.12. The molecule has 120 valence electrons. The Morgan fingerprint density at radius 1 is 1.43 bits per heavy atom. The van der Waals surface area contributed by atoms with E-state index in [0.29, 0.717) is 22.4 Å². The molecule has 5 N–H and O–H groups in total. The third-order valence-electron chi connectivity index (χ3n) is 3.48. The highest BCUT2D eigenvalue weighted by Gasteiger charge is 2.39. The largest absolute Gasteiger partial charge is 0.462 e. The predicted molar refractivity (Wildman–Crippen MR) is 86.3 cm³/mol. The first-order valence-electron chi connectivity index (χ1n) is 6.97. The van der Waals surface area contributed by atoms with Crippen molar-refractivity contribution in [2.45, 2.75) is 12.8 Å². The van der Waals surface area contributed by atoms with Crippen molar-refractivity contribution in [1.82, 2.24) is 0 Å². The zero-order valence-electron chi connectivity index (χ0n) is 12.5. The molecule has 0 amide bonds. The first-order chi connectivity index (χ1) is 11.0. The van der Waals surface area contributed by atoms with E-state index in [2.05, 4.69) is 4.99 Å². The van der Waals surface area contributed by atoms with E-state index in [9.17, 15) is 9.59 Å². The highest BCUT2D eigenvalue weighted by molar-refractivity contribution is 6.31. The number of nitrogens with two attached hydrogens (primary N) is 2. The summed E-state index contributed by atoms with van der Waals surface area (Å²) in [7, 11) is 0. The lowest BCUT2D eigenvalue weighted by Gasteiger charge is -2.24. The average molecular weight is 335 g/mol. The van der Waals surface area contributed by atoms with E-state index in [1.807, 2.05) is 0 Å². The minimum atomic E-state index is -0.686. The number of nitrogens with one attached hydrogen (secondary N) is 1. The molecule has 0 bridgehead atoms. The summed E-state index contributed by atoms with van der Waals surface area (Å²) >= 11 is 6.26. The van der Waals surface area contributed by atoms with Gasteiger partial charge in [-0.15, -0.1) is 0 Å². The number of halogens is 1. The van der Waals surface area contributed by atoms with Crippen LogP contribution in [0.3, 0.4) is 0 Å². The normalized spacial score (nSPS) is 19.5. The van der Waals surface area contributed by atoms with Crippen molar-refractivity contribution in [2.24, 2.45) is 11.5 Å². The third-order valence-corrected chi connectivity index (χ3v) is 3.82. The van der Waals surface area contributed by atoms with Crippen LogP contribution in [0, 0.1) is 0 Å². The van der Waals surface area contributed by atoms with Gasteiger partial charge in [0.1, 0.15) is 0 Å². The van der Waals surface area contributed by atoms with E-state index in [4.69, 9.17) is 27.8 Å². The summed E-state index contributed by atoms with van der Waals surface area (Å²) in [5.74, 6) is -1.12. The van der Waals surface area contributed by atoms with Crippen molar-refractivity contribution in [1.29, 1.82) is 0 Å². The number of hydrogen-bond acceptors (Lipinski definition) is 5. The van der Waals surface area contributed by atoms with Gasteiger partial charge in [-0.25, -0.2) is 9.79 Å². The van der Waals surface area contributed by atoms with E-state index in [0.717, 1.165) is 0 Å². The van der Waals surface area contributed by atoms with Gasteiger partial charge in [-0.3, -0.25) is 10.5 Å². The SMILES string of the molecule is CCOC(=O)C1=C(C=O)[NH+]=C(N)/C(=C\N)C1c1ccccc1Cl. The molecule has 23 heavy (non-hydrogen) atoms. The summed E-state index contributed by atoms with van der Waals surface area (Å²) in [6.45, 7) is 1.85. The van der Waals surface area contributed by atoms with Crippen molar-refractivity contribution in [2.75, 3.05) is 6.61 Å². The molecule has 0 aromatic heterocycles. The fourth-order valence-electron chi connectivity index (χ4n) is 2.50. The van der Waals surface area contributed by atoms with E-state index in [1.54, 1.807) is 31.2 Å². The summed E-state index contributed by atoms with van der Waals surface area (Å²) in [5, 5.41) is 0.429. The summed E-state index contributed by atoms with van der Waals surface area (Å²) < 4.78 is 5.08. The number of esters is 1. The van der Waals surface area contributed by atoms with Gasteiger partial charge in [0.25, 0.3) is 5.84 Å². The number of ether oxygens (including phenoxy) is 1. The fourth-order valence-corrected chi connectivity index (χ4v) is 2.74. The topological polar surface area (TPSA) is 109 Å². The zero-order valence-corrected chi connectivity index (χ0v) is 13.3. The van der Waals surface area contributed by atoms with Crippen LogP contribution in [0.2, 0.25) is 5.02 Å². The second-order valence-electron chi connectivity index (χ2n) is 4.78. The summed E-state index contributed by atoms with van der Waals surface area (Å²) in [4.78, 5) is 26.5.